The molecule has 15 heavy (non-hydrogen) atoms. The second kappa shape index (κ2) is 5.66. The van der Waals surface area contributed by atoms with E-state index in [9.17, 15) is 4.39 Å². The first-order valence-electron chi connectivity index (χ1n) is 4.86. The van der Waals surface area contributed by atoms with E-state index in [0.29, 0.717) is 17.7 Å². The van der Waals surface area contributed by atoms with Crippen LogP contribution in [-0.4, -0.2) is 11.2 Å². The molecule has 0 heterocycles. The standard InChI is InChI=1S/C11H15FN2S/c1-8(2)14-11(15)13-7-9-3-5-10(12)6-4-9/h3-6,8H,7H2,1-2H3,(H2,13,14,15). The minimum atomic E-state index is -0.221. The van der Waals surface area contributed by atoms with Crippen LogP contribution in [0.2, 0.25) is 0 Å². The Hall–Kier alpha value is -1.16. The van der Waals surface area contributed by atoms with Gasteiger partial charge >= 0.3 is 0 Å². The third kappa shape index (κ3) is 4.74. The van der Waals surface area contributed by atoms with Crippen molar-refractivity contribution >= 4 is 17.3 Å². The van der Waals surface area contributed by atoms with Crippen LogP contribution in [0, 0.1) is 5.82 Å². The van der Waals surface area contributed by atoms with Crippen LogP contribution in [0.25, 0.3) is 0 Å². The maximum Gasteiger partial charge on any atom is 0.166 e. The van der Waals surface area contributed by atoms with Crippen LogP contribution in [0.15, 0.2) is 24.3 Å². The topological polar surface area (TPSA) is 24.1 Å². The zero-order chi connectivity index (χ0) is 11.3. The molecule has 82 valence electrons. The second-order valence-corrected chi connectivity index (χ2v) is 4.02. The molecule has 0 radical (unpaired) electrons. The summed E-state index contributed by atoms with van der Waals surface area (Å²) in [5, 5.41) is 6.74. The zero-order valence-corrected chi connectivity index (χ0v) is 9.70. The van der Waals surface area contributed by atoms with E-state index >= 15 is 0 Å². The van der Waals surface area contributed by atoms with Gasteiger partial charge < -0.3 is 10.6 Å². The first kappa shape index (κ1) is 11.9. The number of benzene rings is 1. The van der Waals surface area contributed by atoms with Gasteiger partial charge in [0, 0.05) is 12.6 Å². The Balaban J connectivity index is 2.37. The van der Waals surface area contributed by atoms with E-state index in [1.165, 1.54) is 12.1 Å². The number of hydrogen-bond donors (Lipinski definition) is 2. The SMILES string of the molecule is CC(C)NC(=S)NCc1ccc(F)cc1. The molecule has 0 saturated heterocycles. The summed E-state index contributed by atoms with van der Waals surface area (Å²) < 4.78 is 12.6. The minimum absolute atomic E-state index is 0.221. The first-order valence-corrected chi connectivity index (χ1v) is 5.27. The molecule has 0 unspecified atom stereocenters. The molecule has 1 rings (SSSR count). The Bertz CT molecular complexity index is 322. The fraction of sp³-hybridized carbons (Fsp3) is 0.364. The second-order valence-electron chi connectivity index (χ2n) is 3.61. The van der Waals surface area contributed by atoms with Crippen molar-refractivity contribution in [3.63, 3.8) is 0 Å². The van der Waals surface area contributed by atoms with Gasteiger partial charge in [0.25, 0.3) is 0 Å². The summed E-state index contributed by atoms with van der Waals surface area (Å²) in [5.74, 6) is -0.221. The Labute approximate surface area is 94.9 Å². The highest BCUT2D eigenvalue weighted by atomic mass is 32.1. The van der Waals surface area contributed by atoms with Gasteiger partial charge in [-0.05, 0) is 43.8 Å². The van der Waals surface area contributed by atoms with Crippen LogP contribution in [0.4, 0.5) is 4.39 Å². The molecule has 0 aliphatic carbocycles. The molecule has 0 aromatic heterocycles. The average Bonchev–Trinajstić information content (AvgIpc) is 2.16. The number of hydrogen-bond acceptors (Lipinski definition) is 1. The van der Waals surface area contributed by atoms with E-state index in [1.54, 1.807) is 12.1 Å². The lowest BCUT2D eigenvalue weighted by molar-refractivity contribution is 0.626. The van der Waals surface area contributed by atoms with Crippen molar-refractivity contribution in [2.24, 2.45) is 0 Å². The molecule has 0 aliphatic heterocycles. The molecular formula is C11H15FN2S. The summed E-state index contributed by atoms with van der Waals surface area (Å²) in [4.78, 5) is 0. The van der Waals surface area contributed by atoms with Gasteiger partial charge in [0.2, 0.25) is 0 Å². The highest BCUT2D eigenvalue weighted by Gasteiger charge is 1.98. The van der Waals surface area contributed by atoms with Crippen LogP contribution in [-0.2, 0) is 6.54 Å². The summed E-state index contributed by atoms with van der Waals surface area (Å²) >= 11 is 5.06. The van der Waals surface area contributed by atoms with Crippen molar-refractivity contribution in [3.8, 4) is 0 Å². The van der Waals surface area contributed by atoms with Crippen LogP contribution in [0.5, 0.6) is 0 Å². The third-order valence-electron chi connectivity index (χ3n) is 1.79. The molecule has 1 aromatic rings. The summed E-state index contributed by atoms with van der Waals surface area (Å²) in [6.45, 7) is 4.65. The highest BCUT2D eigenvalue weighted by molar-refractivity contribution is 7.80. The number of rotatable bonds is 3. The van der Waals surface area contributed by atoms with Crippen LogP contribution in [0.1, 0.15) is 19.4 Å². The number of thiocarbonyl (C=S) groups is 1. The average molecular weight is 226 g/mol. The van der Waals surface area contributed by atoms with Gasteiger partial charge in [0.15, 0.2) is 5.11 Å². The Kier molecular flexibility index (Phi) is 4.49. The molecule has 0 saturated carbocycles. The molecule has 0 atom stereocenters. The van der Waals surface area contributed by atoms with E-state index in [-0.39, 0.29) is 5.82 Å². The summed E-state index contributed by atoms with van der Waals surface area (Å²) in [6.07, 6.45) is 0. The molecule has 4 heteroatoms. The van der Waals surface area contributed by atoms with Crippen molar-refractivity contribution in [1.82, 2.24) is 10.6 Å². The molecule has 2 nitrogen and oxygen atoms in total. The fourth-order valence-corrected chi connectivity index (χ4v) is 1.41. The van der Waals surface area contributed by atoms with E-state index in [1.807, 2.05) is 13.8 Å². The van der Waals surface area contributed by atoms with Crippen molar-refractivity contribution in [3.05, 3.63) is 35.6 Å². The Morgan fingerprint density at radius 1 is 1.33 bits per heavy atom. The summed E-state index contributed by atoms with van der Waals surface area (Å²) in [7, 11) is 0. The predicted molar refractivity (Wildman–Crippen MR) is 64.1 cm³/mol. The van der Waals surface area contributed by atoms with E-state index in [4.69, 9.17) is 12.2 Å². The van der Waals surface area contributed by atoms with Gasteiger partial charge in [-0.25, -0.2) is 4.39 Å². The van der Waals surface area contributed by atoms with Gasteiger partial charge in [0.1, 0.15) is 5.82 Å². The highest BCUT2D eigenvalue weighted by Crippen LogP contribution is 2.01. The summed E-state index contributed by atoms with van der Waals surface area (Å²) in [5.41, 5.74) is 1.00. The fourth-order valence-electron chi connectivity index (χ4n) is 1.10. The molecule has 1 aromatic carbocycles. The normalized spacial score (nSPS) is 10.1. The lowest BCUT2D eigenvalue weighted by atomic mass is 10.2. The van der Waals surface area contributed by atoms with Crippen LogP contribution >= 0.6 is 12.2 Å². The molecule has 2 N–H and O–H groups in total. The molecule has 0 aliphatic rings. The van der Waals surface area contributed by atoms with Crippen LogP contribution in [0.3, 0.4) is 0 Å². The lowest BCUT2D eigenvalue weighted by Crippen LogP contribution is -2.38. The van der Waals surface area contributed by atoms with Gasteiger partial charge in [-0.15, -0.1) is 0 Å². The first-order chi connectivity index (χ1) is 7.08. The van der Waals surface area contributed by atoms with E-state index in [2.05, 4.69) is 10.6 Å². The number of nitrogens with one attached hydrogen (secondary N) is 2. The van der Waals surface area contributed by atoms with E-state index in [0.717, 1.165) is 5.56 Å². The van der Waals surface area contributed by atoms with E-state index < -0.39 is 0 Å². The van der Waals surface area contributed by atoms with Gasteiger partial charge in [-0.3, -0.25) is 0 Å². The molecule has 0 spiro atoms. The largest absolute Gasteiger partial charge is 0.361 e. The number of halogens is 1. The van der Waals surface area contributed by atoms with Crippen LogP contribution < -0.4 is 10.6 Å². The molecule has 0 amide bonds. The quantitative estimate of drug-likeness (QED) is 0.773. The minimum Gasteiger partial charge on any atom is -0.361 e. The smallest absolute Gasteiger partial charge is 0.166 e. The monoisotopic (exact) mass is 226 g/mol. The third-order valence-corrected chi connectivity index (χ3v) is 2.05. The van der Waals surface area contributed by atoms with Crippen molar-refractivity contribution in [1.29, 1.82) is 0 Å². The van der Waals surface area contributed by atoms with Gasteiger partial charge in [-0.2, -0.15) is 0 Å². The predicted octanol–water partition coefficient (Wildman–Crippen LogP) is 2.20. The maximum absolute atomic E-state index is 12.6. The Morgan fingerprint density at radius 2 is 1.93 bits per heavy atom. The lowest BCUT2D eigenvalue weighted by Gasteiger charge is -2.12. The Morgan fingerprint density at radius 3 is 2.47 bits per heavy atom. The molecular weight excluding hydrogens is 211 g/mol. The van der Waals surface area contributed by atoms with Crippen molar-refractivity contribution < 1.29 is 4.39 Å². The van der Waals surface area contributed by atoms with Gasteiger partial charge in [0.05, 0.1) is 0 Å². The molecule has 0 bridgehead atoms. The van der Waals surface area contributed by atoms with Crippen molar-refractivity contribution in [2.45, 2.75) is 26.4 Å². The zero-order valence-electron chi connectivity index (χ0n) is 8.88. The molecule has 0 fully saturated rings. The maximum atomic E-state index is 12.6. The summed E-state index contributed by atoms with van der Waals surface area (Å²) in [6, 6.07) is 6.67. The van der Waals surface area contributed by atoms with Crippen molar-refractivity contribution in [2.75, 3.05) is 0 Å². The van der Waals surface area contributed by atoms with Gasteiger partial charge in [-0.1, -0.05) is 12.1 Å².